The Morgan fingerprint density at radius 2 is 2.09 bits per heavy atom. The molecule has 0 aliphatic carbocycles. The van der Waals surface area contributed by atoms with Crippen molar-refractivity contribution in [3.63, 3.8) is 0 Å². The molecule has 8 heteroatoms. The van der Waals surface area contributed by atoms with Crippen molar-refractivity contribution in [2.75, 3.05) is 13.1 Å². The van der Waals surface area contributed by atoms with Gasteiger partial charge in [0.2, 0.25) is 17.5 Å². The van der Waals surface area contributed by atoms with Crippen LogP contribution in [0.5, 0.6) is 0 Å². The standard InChI is InChI=1S/C15H13N5O2S/c1-9-5-11(23-8-9)15(21)20-6-10(7-20)14-18-13(19-22-14)12-16-3-2-4-17-12/h2-5,8,10H,6-7H2,1H3. The molecule has 23 heavy (non-hydrogen) atoms. The van der Waals surface area contributed by atoms with E-state index in [1.54, 1.807) is 23.4 Å². The number of hydrogen-bond acceptors (Lipinski definition) is 7. The van der Waals surface area contributed by atoms with Crippen molar-refractivity contribution in [2.45, 2.75) is 12.8 Å². The molecular weight excluding hydrogens is 314 g/mol. The summed E-state index contributed by atoms with van der Waals surface area (Å²) in [5.74, 6) is 1.47. The molecule has 1 aliphatic heterocycles. The number of carbonyl (C=O) groups excluding carboxylic acids is 1. The van der Waals surface area contributed by atoms with Crippen LogP contribution in [0.1, 0.15) is 27.0 Å². The van der Waals surface area contributed by atoms with Crippen molar-refractivity contribution in [3.05, 3.63) is 46.2 Å². The van der Waals surface area contributed by atoms with Gasteiger partial charge < -0.3 is 9.42 Å². The quantitative estimate of drug-likeness (QED) is 0.732. The van der Waals surface area contributed by atoms with E-state index in [2.05, 4.69) is 20.1 Å². The number of aromatic nitrogens is 4. The molecule has 1 amide bonds. The van der Waals surface area contributed by atoms with E-state index >= 15 is 0 Å². The predicted octanol–water partition coefficient (Wildman–Crippen LogP) is 2.14. The van der Waals surface area contributed by atoms with E-state index in [4.69, 9.17) is 4.52 Å². The molecule has 116 valence electrons. The van der Waals surface area contributed by atoms with E-state index in [0.29, 0.717) is 30.6 Å². The highest BCUT2D eigenvalue weighted by molar-refractivity contribution is 7.12. The van der Waals surface area contributed by atoms with Crippen LogP contribution in [0.2, 0.25) is 0 Å². The van der Waals surface area contributed by atoms with Crippen LogP contribution >= 0.6 is 11.3 Å². The lowest BCUT2D eigenvalue weighted by molar-refractivity contribution is 0.0574. The van der Waals surface area contributed by atoms with Crippen LogP contribution in [0.3, 0.4) is 0 Å². The Labute approximate surface area is 136 Å². The van der Waals surface area contributed by atoms with Gasteiger partial charge in [0.05, 0.1) is 10.8 Å². The lowest BCUT2D eigenvalue weighted by Crippen LogP contribution is -2.48. The monoisotopic (exact) mass is 327 g/mol. The van der Waals surface area contributed by atoms with Crippen molar-refractivity contribution in [1.82, 2.24) is 25.0 Å². The Hall–Kier alpha value is -2.61. The van der Waals surface area contributed by atoms with Crippen molar-refractivity contribution < 1.29 is 9.32 Å². The molecule has 7 nitrogen and oxygen atoms in total. The van der Waals surface area contributed by atoms with Gasteiger partial charge >= 0.3 is 0 Å². The molecule has 0 atom stereocenters. The largest absolute Gasteiger partial charge is 0.338 e. The van der Waals surface area contributed by atoms with Crippen LogP contribution in [0.15, 0.2) is 34.4 Å². The van der Waals surface area contributed by atoms with Crippen molar-refractivity contribution in [2.24, 2.45) is 0 Å². The number of aryl methyl sites for hydroxylation is 1. The topological polar surface area (TPSA) is 85.0 Å². The summed E-state index contributed by atoms with van der Waals surface area (Å²) in [6, 6.07) is 3.64. The van der Waals surface area contributed by atoms with Gasteiger partial charge in [0.1, 0.15) is 0 Å². The van der Waals surface area contributed by atoms with Gasteiger partial charge in [-0.25, -0.2) is 9.97 Å². The molecule has 0 bridgehead atoms. The summed E-state index contributed by atoms with van der Waals surface area (Å²) in [5.41, 5.74) is 1.11. The maximum absolute atomic E-state index is 12.3. The van der Waals surface area contributed by atoms with Crippen molar-refractivity contribution in [3.8, 4) is 11.6 Å². The Morgan fingerprint density at radius 1 is 1.30 bits per heavy atom. The summed E-state index contributed by atoms with van der Waals surface area (Å²) in [4.78, 5) is 27.4. The molecule has 0 saturated carbocycles. The molecule has 3 aromatic heterocycles. The summed E-state index contributed by atoms with van der Waals surface area (Å²) in [6.07, 6.45) is 3.26. The van der Waals surface area contributed by atoms with Gasteiger partial charge in [-0.05, 0) is 30.0 Å². The first-order chi connectivity index (χ1) is 11.2. The maximum Gasteiger partial charge on any atom is 0.263 e. The number of carbonyl (C=O) groups is 1. The van der Waals surface area contributed by atoms with Crippen LogP contribution in [0, 0.1) is 6.92 Å². The molecular formula is C15H13N5O2S. The van der Waals surface area contributed by atoms with E-state index in [9.17, 15) is 4.79 Å². The van der Waals surface area contributed by atoms with Crippen molar-refractivity contribution in [1.29, 1.82) is 0 Å². The smallest absolute Gasteiger partial charge is 0.263 e. The first-order valence-corrected chi connectivity index (χ1v) is 8.04. The highest BCUT2D eigenvalue weighted by Crippen LogP contribution is 2.29. The number of thiophene rings is 1. The molecule has 4 rings (SSSR count). The normalized spacial score (nSPS) is 14.7. The highest BCUT2D eigenvalue weighted by Gasteiger charge is 2.36. The zero-order chi connectivity index (χ0) is 15.8. The third kappa shape index (κ3) is 2.61. The molecule has 3 aromatic rings. The molecule has 1 aliphatic rings. The summed E-state index contributed by atoms with van der Waals surface area (Å²) in [5, 5.41) is 5.89. The molecule has 1 fully saturated rings. The number of nitrogens with zero attached hydrogens (tertiary/aromatic N) is 5. The first kappa shape index (κ1) is 14.0. The molecule has 1 saturated heterocycles. The third-order valence-electron chi connectivity index (χ3n) is 3.67. The fourth-order valence-electron chi connectivity index (χ4n) is 2.41. The molecule has 4 heterocycles. The van der Waals surface area contributed by atoms with Crippen LogP contribution in [0.25, 0.3) is 11.6 Å². The van der Waals surface area contributed by atoms with Crippen LogP contribution in [-0.2, 0) is 0 Å². The molecule has 0 aromatic carbocycles. The number of rotatable bonds is 3. The fourth-order valence-corrected chi connectivity index (χ4v) is 3.27. The number of likely N-dealkylation sites (tertiary alicyclic amines) is 1. The van der Waals surface area contributed by atoms with Crippen molar-refractivity contribution >= 4 is 17.2 Å². The summed E-state index contributed by atoms with van der Waals surface area (Å²) in [7, 11) is 0. The number of hydrogen-bond donors (Lipinski definition) is 0. The lowest BCUT2D eigenvalue weighted by Gasteiger charge is -2.36. The summed E-state index contributed by atoms with van der Waals surface area (Å²) < 4.78 is 5.28. The predicted molar refractivity (Wildman–Crippen MR) is 83.0 cm³/mol. The molecule has 0 spiro atoms. The van der Waals surface area contributed by atoms with Gasteiger partial charge in [0, 0.05) is 25.5 Å². The van der Waals surface area contributed by atoms with Crippen LogP contribution < -0.4 is 0 Å². The Morgan fingerprint density at radius 3 is 2.78 bits per heavy atom. The van der Waals surface area contributed by atoms with Crippen LogP contribution in [-0.4, -0.2) is 44.0 Å². The van der Waals surface area contributed by atoms with Gasteiger partial charge in [-0.15, -0.1) is 11.3 Å². The molecule has 0 radical (unpaired) electrons. The summed E-state index contributed by atoms with van der Waals surface area (Å²) in [6.45, 7) is 3.16. The molecule has 0 unspecified atom stereocenters. The second-order valence-corrected chi connectivity index (χ2v) is 6.34. The zero-order valence-corrected chi connectivity index (χ0v) is 13.2. The van der Waals surface area contributed by atoms with Gasteiger partial charge in [0.25, 0.3) is 5.91 Å². The minimum absolute atomic E-state index is 0.0606. The van der Waals surface area contributed by atoms with E-state index in [1.807, 2.05) is 18.4 Å². The number of amides is 1. The second kappa shape index (κ2) is 5.54. The van der Waals surface area contributed by atoms with Crippen LogP contribution in [0.4, 0.5) is 0 Å². The van der Waals surface area contributed by atoms with Gasteiger partial charge in [-0.1, -0.05) is 5.16 Å². The average Bonchev–Trinajstić information content (AvgIpc) is 3.16. The first-order valence-electron chi connectivity index (χ1n) is 7.16. The Bertz CT molecular complexity index is 838. The van der Waals surface area contributed by atoms with Gasteiger partial charge in [0.15, 0.2) is 0 Å². The summed E-state index contributed by atoms with van der Waals surface area (Å²) >= 11 is 1.47. The SMILES string of the molecule is Cc1csc(C(=O)N2CC(c3nc(-c4ncccn4)no3)C2)c1. The second-order valence-electron chi connectivity index (χ2n) is 5.42. The third-order valence-corrected chi connectivity index (χ3v) is 4.70. The van der Waals surface area contributed by atoms with E-state index < -0.39 is 0 Å². The minimum Gasteiger partial charge on any atom is -0.338 e. The average molecular weight is 327 g/mol. The zero-order valence-electron chi connectivity index (χ0n) is 12.3. The van der Waals surface area contributed by atoms with E-state index in [-0.39, 0.29) is 11.8 Å². The Kier molecular flexibility index (Phi) is 3.38. The van der Waals surface area contributed by atoms with Gasteiger partial charge in [-0.2, -0.15) is 4.98 Å². The Balaban J connectivity index is 1.42. The fraction of sp³-hybridized carbons (Fsp3) is 0.267. The van der Waals surface area contributed by atoms with E-state index in [1.165, 1.54) is 11.3 Å². The minimum atomic E-state index is 0.0606. The maximum atomic E-state index is 12.3. The molecule has 0 N–H and O–H groups in total. The van der Waals surface area contributed by atoms with Gasteiger partial charge in [-0.3, -0.25) is 4.79 Å². The van der Waals surface area contributed by atoms with E-state index in [0.717, 1.165) is 10.4 Å². The lowest BCUT2D eigenvalue weighted by atomic mass is 10.00. The highest BCUT2D eigenvalue weighted by atomic mass is 32.1.